The van der Waals surface area contributed by atoms with E-state index in [2.05, 4.69) is 22.8 Å². The number of halogens is 1. The molecule has 1 unspecified atom stereocenters. The summed E-state index contributed by atoms with van der Waals surface area (Å²) in [6.45, 7) is 6.20. The largest absolute Gasteiger partial charge is 0.455 e. The summed E-state index contributed by atoms with van der Waals surface area (Å²) in [5, 5.41) is 9.47. The lowest BCUT2D eigenvalue weighted by atomic mass is 10.1. The van der Waals surface area contributed by atoms with Crippen LogP contribution >= 0.6 is 23.4 Å². The highest BCUT2D eigenvalue weighted by atomic mass is 35.5. The van der Waals surface area contributed by atoms with E-state index in [4.69, 9.17) is 16.0 Å². The Morgan fingerprint density at radius 2 is 2.00 bits per heavy atom. The Balaban J connectivity index is 1.48. The Labute approximate surface area is 196 Å². The summed E-state index contributed by atoms with van der Waals surface area (Å²) < 4.78 is 5.82. The number of hydrogen-bond donors (Lipinski definition) is 0. The van der Waals surface area contributed by atoms with Crippen molar-refractivity contribution in [1.29, 1.82) is 0 Å². The van der Waals surface area contributed by atoms with E-state index in [1.807, 2.05) is 61.5 Å². The van der Waals surface area contributed by atoms with Crippen molar-refractivity contribution in [2.75, 3.05) is 6.54 Å². The van der Waals surface area contributed by atoms with Crippen molar-refractivity contribution in [1.82, 2.24) is 4.90 Å². The fraction of sp³-hybridized carbons (Fsp3) is 0.160. The number of thioether (sulfide) groups is 1. The number of benzene rings is 2. The third-order valence-electron chi connectivity index (χ3n) is 4.92. The van der Waals surface area contributed by atoms with Crippen molar-refractivity contribution in [2.24, 2.45) is 10.2 Å². The number of amidine groups is 1. The number of rotatable bonds is 7. The number of furan rings is 1. The number of hydrogen-bond acceptors (Lipinski definition) is 5. The minimum absolute atomic E-state index is 0.0216. The van der Waals surface area contributed by atoms with Crippen molar-refractivity contribution in [2.45, 2.75) is 18.6 Å². The quantitative estimate of drug-likeness (QED) is 0.246. The molecule has 1 aromatic heterocycles. The molecule has 162 valence electrons. The molecule has 0 saturated carbocycles. The van der Waals surface area contributed by atoms with Crippen LogP contribution in [0.4, 0.5) is 0 Å². The predicted molar refractivity (Wildman–Crippen MR) is 132 cm³/mol. The third kappa shape index (κ3) is 5.21. The standard InChI is InChI=1S/C25H22ClN3O2S/c1-3-13-29-24(30)23(15-18-6-4-5-17(2)14-18)32-25(29)28-27-16-21-11-12-22(31-21)19-7-9-20(26)10-8-19/h3-12,14,16,23H,1,13,15H2,2H3/b27-16+,28-25-. The minimum Gasteiger partial charge on any atom is -0.455 e. The summed E-state index contributed by atoms with van der Waals surface area (Å²) in [5.74, 6) is 1.31. The Morgan fingerprint density at radius 1 is 1.19 bits per heavy atom. The van der Waals surface area contributed by atoms with Crippen LogP contribution in [0.15, 0.2) is 87.9 Å². The number of nitrogens with zero attached hydrogens (tertiary/aromatic N) is 3. The molecule has 7 heteroatoms. The van der Waals surface area contributed by atoms with Crippen LogP contribution in [-0.4, -0.2) is 34.0 Å². The zero-order valence-corrected chi connectivity index (χ0v) is 19.1. The molecule has 0 aliphatic carbocycles. The number of amides is 1. The molecule has 0 radical (unpaired) electrons. The van der Waals surface area contributed by atoms with E-state index in [-0.39, 0.29) is 11.2 Å². The van der Waals surface area contributed by atoms with Crippen LogP contribution in [0.2, 0.25) is 5.02 Å². The SMILES string of the molecule is C=CCN1C(=O)C(Cc2cccc(C)c2)S/C1=N\N=C\c1ccc(-c2ccc(Cl)cc2)o1. The molecule has 1 aliphatic heterocycles. The number of aryl methyl sites for hydroxylation is 1. The fourth-order valence-electron chi connectivity index (χ4n) is 3.39. The van der Waals surface area contributed by atoms with Crippen molar-refractivity contribution >= 4 is 40.7 Å². The van der Waals surface area contributed by atoms with Gasteiger partial charge in [0, 0.05) is 17.1 Å². The van der Waals surface area contributed by atoms with Crippen LogP contribution < -0.4 is 0 Å². The van der Waals surface area contributed by atoms with Gasteiger partial charge in [-0.1, -0.05) is 59.3 Å². The molecule has 1 amide bonds. The first-order valence-corrected chi connectivity index (χ1v) is 11.4. The average molecular weight is 464 g/mol. The van der Waals surface area contributed by atoms with E-state index in [0.717, 1.165) is 11.1 Å². The lowest BCUT2D eigenvalue weighted by molar-refractivity contribution is -0.125. The molecule has 3 aromatic rings. The van der Waals surface area contributed by atoms with E-state index in [1.165, 1.54) is 23.5 Å². The van der Waals surface area contributed by atoms with Crippen LogP contribution in [0, 0.1) is 6.92 Å². The van der Waals surface area contributed by atoms with Gasteiger partial charge in [-0.25, -0.2) is 0 Å². The van der Waals surface area contributed by atoms with E-state index < -0.39 is 0 Å². The molecule has 0 bridgehead atoms. The highest BCUT2D eigenvalue weighted by Crippen LogP contribution is 2.30. The van der Waals surface area contributed by atoms with Crippen LogP contribution in [0.5, 0.6) is 0 Å². The Hall–Kier alpha value is -3.09. The van der Waals surface area contributed by atoms with E-state index in [9.17, 15) is 4.79 Å². The van der Waals surface area contributed by atoms with E-state index in [0.29, 0.717) is 34.7 Å². The molecule has 4 rings (SSSR count). The summed E-state index contributed by atoms with van der Waals surface area (Å²) >= 11 is 7.37. The second kappa shape index (κ2) is 10.0. The van der Waals surface area contributed by atoms with Gasteiger partial charge in [0.25, 0.3) is 0 Å². The van der Waals surface area contributed by atoms with Gasteiger partial charge in [-0.15, -0.1) is 11.7 Å². The van der Waals surface area contributed by atoms with Gasteiger partial charge in [0.1, 0.15) is 11.5 Å². The summed E-state index contributed by atoms with van der Waals surface area (Å²) in [6, 6.07) is 19.3. The fourth-order valence-corrected chi connectivity index (χ4v) is 4.66. The molecule has 5 nitrogen and oxygen atoms in total. The zero-order valence-electron chi connectivity index (χ0n) is 17.6. The Kier molecular flexibility index (Phi) is 6.93. The highest BCUT2D eigenvalue weighted by molar-refractivity contribution is 8.15. The molecule has 1 saturated heterocycles. The molecular weight excluding hydrogens is 442 g/mol. The summed E-state index contributed by atoms with van der Waals surface area (Å²) in [7, 11) is 0. The Morgan fingerprint density at radius 3 is 2.75 bits per heavy atom. The molecule has 1 atom stereocenters. The summed E-state index contributed by atoms with van der Waals surface area (Å²) in [5.41, 5.74) is 3.23. The summed E-state index contributed by atoms with van der Waals surface area (Å²) in [4.78, 5) is 14.5. The molecule has 0 N–H and O–H groups in total. The minimum atomic E-state index is -0.231. The third-order valence-corrected chi connectivity index (χ3v) is 6.34. The topological polar surface area (TPSA) is 58.2 Å². The van der Waals surface area contributed by atoms with Gasteiger partial charge in [-0.05, 0) is 55.3 Å². The maximum absolute atomic E-state index is 12.9. The maximum atomic E-state index is 12.9. The van der Waals surface area contributed by atoms with Crippen molar-refractivity contribution < 1.29 is 9.21 Å². The molecule has 2 aromatic carbocycles. The first-order chi connectivity index (χ1) is 15.5. The number of carbonyl (C=O) groups is 1. The molecule has 1 fully saturated rings. The smallest absolute Gasteiger partial charge is 0.242 e. The maximum Gasteiger partial charge on any atom is 0.242 e. The Bertz CT molecular complexity index is 1180. The highest BCUT2D eigenvalue weighted by Gasteiger charge is 2.37. The van der Waals surface area contributed by atoms with E-state index >= 15 is 0 Å². The van der Waals surface area contributed by atoms with Gasteiger partial charge < -0.3 is 4.42 Å². The van der Waals surface area contributed by atoms with Crippen LogP contribution in [0.25, 0.3) is 11.3 Å². The number of carbonyl (C=O) groups excluding carboxylic acids is 1. The van der Waals surface area contributed by atoms with Gasteiger partial charge in [-0.2, -0.15) is 5.10 Å². The van der Waals surface area contributed by atoms with Crippen molar-refractivity contribution in [3.63, 3.8) is 0 Å². The first-order valence-electron chi connectivity index (χ1n) is 10.1. The van der Waals surface area contributed by atoms with Crippen molar-refractivity contribution in [3.05, 3.63) is 95.2 Å². The second-order valence-electron chi connectivity index (χ2n) is 7.37. The second-order valence-corrected chi connectivity index (χ2v) is 8.98. The van der Waals surface area contributed by atoms with Crippen LogP contribution in [-0.2, 0) is 11.2 Å². The molecule has 32 heavy (non-hydrogen) atoms. The molecule has 0 spiro atoms. The predicted octanol–water partition coefficient (Wildman–Crippen LogP) is 5.97. The monoisotopic (exact) mass is 463 g/mol. The molecule has 2 heterocycles. The van der Waals surface area contributed by atoms with Crippen LogP contribution in [0.3, 0.4) is 0 Å². The van der Waals surface area contributed by atoms with Gasteiger partial charge in [-0.3, -0.25) is 9.69 Å². The van der Waals surface area contributed by atoms with Gasteiger partial charge >= 0.3 is 0 Å². The lowest BCUT2D eigenvalue weighted by Gasteiger charge is -2.12. The van der Waals surface area contributed by atoms with Gasteiger partial charge in [0.2, 0.25) is 5.91 Å². The van der Waals surface area contributed by atoms with Gasteiger partial charge in [0.05, 0.1) is 11.5 Å². The molecule has 1 aliphatic rings. The van der Waals surface area contributed by atoms with Crippen molar-refractivity contribution in [3.8, 4) is 11.3 Å². The lowest BCUT2D eigenvalue weighted by Crippen LogP contribution is -2.32. The molecular formula is C25H22ClN3O2S. The summed E-state index contributed by atoms with van der Waals surface area (Å²) in [6.07, 6.45) is 3.87. The van der Waals surface area contributed by atoms with Gasteiger partial charge in [0.15, 0.2) is 5.17 Å². The normalized spacial score (nSPS) is 17.6. The van der Waals surface area contributed by atoms with E-state index in [1.54, 1.807) is 11.0 Å². The zero-order chi connectivity index (χ0) is 22.5. The first kappa shape index (κ1) is 22.1. The average Bonchev–Trinajstić information content (AvgIpc) is 3.35. The van der Waals surface area contributed by atoms with Crippen LogP contribution in [0.1, 0.15) is 16.9 Å².